The van der Waals surface area contributed by atoms with Crippen LogP contribution < -0.4 is 15.5 Å². The molecule has 0 radical (unpaired) electrons. The number of nitrogens with zero attached hydrogens (tertiary/aromatic N) is 2. The highest BCUT2D eigenvalue weighted by Gasteiger charge is 2.52. The standard InChI is InChI=1S/C28H30N4O3/c1-31(24-16-9-4-10-17-24)19-11-18-29-25(33)21-32-26(34)28(30-27(32)35,23-14-7-3-8-15-23)20-22-12-5-2-6-13-22/h2-10,12-17H,11,18-21H2,1H3,(H,29,33)(H,30,35). The van der Waals surface area contributed by atoms with Crippen LogP contribution in [-0.2, 0) is 21.5 Å². The Morgan fingerprint density at radius 2 is 1.51 bits per heavy atom. The highest BCUT2D eigenvalue weighted by atomic mass is 16.2. The highest BCUT2D eigenvalue weighted by molar-refractivity contribution is 6.09. The Labute approximate surface area is 205 Å². The van der Waals surface area contributed by atoms with Crippen LogP contribution in [-0.4, -0.2) is 49.4 Å². The first kappa shape index (κ1) is 24.0. The number of urea groups is 1. The van der Waals surface area contributed by atoms with E-state index in [-0.39, 0.29) is 12.5 Å². The molecule has 3 aromatic rings. The molecule has 4 rings (SSSR count). The zero-order chi connectivity index (χ0) is 24.7. The SMILES string of the molecule is CN(CCCNC(=O)CN1C(=O)NC(Cc2ccccc2)(c2ccccc2)C1=O)c1ccccc1. The Morgan fingerprint density at radius 1 is 0.914 bits per heavy atom. The van der Waals surface area contributed by atoms with Crippen molar-refractivity contribution in [2.45, 2.75) is 18.4 Å². The van der Waals surface area contributed by atoms with E-state index < -0.39 is 17.5 Å². The predicted octanol–water partition coefficient (Wildman–Crippen LogP) is 3.32. The minimum atomic E-state index is -1.25. The number of nitrogens with one attached hydrogen (secondary N) is 2. The molecule has 4 amide bonds. The Kier molecular flexibility index (Phi) is 7.45. The van der Waals surface area contributed by atoms with Crippen LogP contribution in [0.2, 0.25) is 0 Å². The predicted molar refractivity (Wildman–Crippen MR) is 136 cm³/mol. The summed E-state index contributed by atoms with van der Waals surface area (Å²) in [6, 6.07) is 28.2. The fourth-order valence-electron chi connectivity index (χ4n) is 4.37. The van der Waals surface area contributed by atoms with Crippen molar-refractivity contribution in [1.29, 1.82) is 0 Å². The summed E-state index contributed by atoms with van der Waals surface area (Å²) in [5.41, 5.74) is 1.46. The van der Waals surface area contributed by atoms with Crippen molar-refractivity contribution >= 4 is 23.5 Å². The molecule has 7 nitrogen and oxygen atoms in total. The number of hydrogen-bond acceptors (Lipinski definition) is 4. The van der Waals surface area contributed by atoms with Crippen LogP contribution in [0.3, 0.4) is 0 Å². The monoisotopic (exact) mass is 470 g/mol. The molecule has 1 fully saturated rings. The summed E-state index contributed by atoms with van der Waals surface area (Å²) in [6.45, 7) is 0.900. The molecule has 2 N–H and O–H groups in total. The number of imide groups is 1. The third-order valence-corrected chi connectivity index (χ3v) is 6.25. The molecule has 0 spiro atoms. The average molecular weight is 471 g/mol. The maximum atomic E-state index is 13.6. The molecule has 1 aliphatic rings. The number of carbonyl (C=O) groups excluding carboxylic acids is 3. The lowest BCUT2D eigenvalue weighted by atomic mass is 9.83. The normalized spacial score (nSPS) is 17.2. The Balaban J connectivity index is 1.38. The largest absolute Gasteiger partial charge is 0.375 e. The summed E-state index contributed by atoms with van der Waals surface area (Å²) in [5, 5.41) is 5.72. The zero-order valence-electron chi connectivity index (χ0n) is 19.8. The fourth-order valence-corrected chi connectivity index (χ4v) is 4.37. The minimum Gasteiger partial charge on any atom is -0.375 e. The molecule has 0 aliphatic carbocycles. The van der Waals surface area contributed by atoms with Gasteiger partial charge in [-0.2, -0.15) is 0 Å². The molecule has 7 heteroatoms. The number of para-hydroxylation sites is 1. The van der Waals surface area contributed by atoms with Gasteiger partial charge in [-0.25, -0.2) is 4.79 Å². The highest BCUT2D eigenvalue weighted by Crippen LogP contribution is 2.32. The van der Waals surface area contributed by atoms with Gasteiger partial charge < -0.3 is 15.5 Å². The topological polar surface area (TPSA) is 81.8 Å². The van der Waals surface area contributed by atoms with Crippen LogP contribution in [0.25, 0.3) is 0 Å². The van der Waals surface area contributed by atoms with Crippen LogP contribution in [0.1, 0.15) is 17.5 Å². The van der Waals surface area contributed by atoms with Crippen molar-refractivity contribution in [1.82, 2.24) is 15.5 Å². The molecule has 3 aromatic carbocycles. The van der Waals surface area contributed by atoms with Gasteiger partial charge >= 0.3 is 6.03 Å². The van der Waals surface area contributed by atoms with E-state index in [9.17, 15) is 14.4 Å². The van der Waals surface area contributed by atoms with E-state index in [4.69, 9.17) is 0 Å². The van der Waals surface area contributed by atoms with Gasteiger partial charge in [0.2, 0.25) is 5.91 Å². The van der Waals surface area contributed by atoms with E-state index in [1.54, 1.807) is 0 Å². The van der Waals surface area contributed by atoms with Gasteiger partial charge in [-0.15, -0.1) is 0 Å². The van der Waals surface area contributed by atoms with Crippen LogP contribution in [0, 0.1) is 0 Å². The maximum absolute atomic E-state index is 13.6. The number of hydrogen-bond donors (Lipinski definition) is 2. The quantitative estimate of drug-likeness (QED) is 0.352. The van der Waals surface area contributed by atoms with E-state index in [1.165, 1.54) is 0 Å². The Bertz CT molecular complexity index is 1150. The van der Waals surface area contributed by atoms with Gasteiger partial charge in [-0.3, -0.25) is 14.5 Å². The first-order valence-corrected chi connectivity index (χ1v) is 11.8. The molecule has 35 heavy (non-hydrogen) atoms. The number of amides is 4. The first-order chi connectivity index (χ1) is 17.0. The second-order valence-corrected chi connectivity index (χ2v) is 8.72. The van der Waals surface area contributed by atoms with Gasteiger partial charge in [0.25, 0.3) is 5.91 Å². The minimum absolute atomic E-state index is 0.298. The second kappa shape index (κ2) is 10.9. The number of benzene rings is 3. The van der Waals surface area contributed by atoms with Crippen molar-refractivity contribution in [2.24, 2.45) is 0 Å². The summed E-state index contributed by atoms with van der Waals surface area (Å²) in [4.78, 5) is 42.2. The molecule has 1 aliphatic heterocycles. The van der Waals surface area contributed by atoms with Gasteiger partial charge in [0.15, 0.2) is 5.54 Å². The van der Waals surface area contributed by atoms with Gasteiger partial charge in [0, 0.05) is 32.2 Å². The lowest BCUT2D eigenvalue weighted by Crippen LogP contribution is -2.47. The Hall–Kier alpha value is -4.13. The van der Waals surface area contributed by atoms with Crippen molar-refractivity contribution < 1.29 is 14.4 Å². The molecule has 0 aromatic heterocycles. The van der Waals surface area contributed by atoms with Crippen molar-refractivity contribution in [3.05, 3.63) is 102 Å². The second-order valence-electron chi connectivity index (χ2n) is 8.72. The lowest BCUT2D eigenvalue weighted by molar-refractivity contribution is -0.135. The third kappa shape index (κ3) is 5.51. The molecule has 0 bridgehead atoms. The number of rotatable bonds is 10. The lowest BCUT2D eigenvalue weighted by Gasteiger charge is -2.27. The summed E-state index contributed by atoms with van der Waals surface area (Å²) in [7, 11) is 2.00. The smallest absolute Gasteiger partial charge is 0.325 e. The van der Waals surface area contributed by atoms with E-state index in [0.29, 0.717) is 18.5 Å². The van der Waals surface area contributed by atoms with Crippen molar-refractivity contribution in [2.75, 3.05) is 31.6 Å². The van der Waals surface area contributed by atoms with Gasteiger partial charge in [0.05, 0.1) is 0 Å². The van der Waals surface area contributed by atoms with Gasteiger partial charge in [-0.05, 0) is 29.7 Å². The summed E-state index contributed by atoms with van der Waals surface area (Å²) >= 11 is 0. The fraction of sp³-hybridized carbons (Fsp3) is 0.250. The Morgan fingerprint density at radius 3 is 2.17 bits per heavy atom. The first-order valence-electron chi connectivity index (χ1n) is 11.8. The van der Waals surface area contributed by atoms with Gasteiger partial charge in [-0.1, -0.05) is 78.9 Å². The molecular weight excluding hydrogens is 440 g/mol. The molecule has 0 saturated carbocycles. The molecule has 1 saturated heterocycles. The summed E-state index contributed by atoms with van der Waals surface area (Å²) in [5.74, 6) is -0.782. The molecular formula is C28H30N4O3. The average Bonchev–Trinajstić information content (AvgIpc) is 3.13. The van der Waals surface area contributed by atoms with Crippen molar-refractivity contribution in [3.63, 3.8) is 0 Å². The van der Waals surface area contributed by atoms with Crippen LogP contribution in [0.5, 0.6) is 0 Å². The zero-order valence-corrected chi connectivity index (χ0v) is 19.8. The van der Waals surface area contributed by atoms with Crippen LogP contribution in [0.4, 0.5) is 10.5 Å². The molecule has 1 heterocycles. The van der Waals surface area contributed by atoms with E-state index >= 15 is 0 Å². The number of carbonyl (C=O) groups is 3. The maximum Gasteiger partial charge on any atom is 0.325 e. The van der Waals surface area contributed by atoms with Gasteiger partial charge in [0.1, 0.15) is 6.54 Å². The van der Waals surface area contributed by atoms with Crippen molar-refractivity contribution in [3.8, 4) is 0 Å². The van der Waals surface area contributed by atoms with E-state index in [0.717, 1.165) is 29.1 Å². The summed E-state index contributed by atoms with van der Waals surface area (Å²) < 4.78 is 0. The molecule has 1 atom stereocenters. The van der Waals surface area contributed by atoms with Crippen LogP contribution in [0.15, 0.2) is 91.0 Å². The summed E-state index contributed by atoms with van der Waals surface area (Å²) in [6.07, 6.45) is 1.03. The molecule has 180 valence electrons. The van der Waals surface area contributed by atoms with Crippen LogP contribution >= 0.6 is 0 Å². The number of anilines is 1. The third-order valence-electron chi connectivity index (χ3n) is 6.25. The van der Waals surface area contributed by atoms with E-state index in [1.807, 2.05) is 98.0 Å². The molecule has 1 unspecified atom stereocenters. The van der Waals surface area contributed by atoms with E-state index in [2.05, 4.69) is 15.5 Å².